The minimum atomic E-state index is -0.446. The van der Waals surface area contributed by atoms with Gasteiger partial charge in [-0.1, -0.05) is 36.7 Å². The van der Waals surface area contributed by atoms with Crippen LogP contribution in [0, 0.1) is 21.4 Å². The van der Waals surface area contributed by atoms with Gasteiger partial charge in [0.25, 0.3) is 5.69 Å². The molecule has 6 heteroatoms. The van der Waals surface area contributed by atoms with Gasteiger partial charge in [-0.2, -0.15) is 0 Å². The Kier molecular flexibility index (Phi) is 5.80. The van der Waals surface area contributed by atoms with Gasteiger partial charge in [-0.3, -0.25) is 10.1 Å². The number of methoxy groups -OCH3 is 1. The second kappa shape index (κ2) is 6.92. The van der Waals surface area contributed by atoms with Gasteiger partial charge in [0.2, 0.25) is 0 Å². The van der Waals surface area contributed by atoms with Gasteiger partial charge in [0.05, 0.1) is 24.7 Å². The molecule has 0 fully saturated rings. The van der Waals surface area contributed by atoms with Crippen molar-refractivity contribution in [3.63, 3.8) is 0 Å². The molecule has 0 aliphatic heterocycles. The Hall–Kier alpha value is -1.30. The van der Waals surface area contributed by atoms with Gasteiger partial charge in [0.1, 0.15) is 0 Å². The number of halogens is 1. The van der Waals surface area contributed by atoms with Crippen molar-refractivity contribution in [3.8, 4) is 11.5 Å². The van der Waals surface area contributed by atoms with E-state index in [4.69, 9.17) is 9.47 Å². The number of nitro groups is 1. The highest BCUT2D eigenvalue weighted by Crippen LogP contribution is 2.33. The van der Waals surface area contributed by atoms with Crippen LogP contribution in [0.25, 0.3) is 0 Å². The minimum absolute atomic E-state index is 0.00745. The molecule has 0 amide bonds. The summed E-state index contributed by atoms with van der Waals surface area (Å²) in [5.41, 5.74) is 0.0733. The lowest BCUT2D eigenvalue weighted by Crippen LogP contribution is -2.28. The first kappa shape index (κ1) is 16.8. The standard InChI is InChI=1S/C14H20BrNO4/c1-14(2,3)10(8-15)9-20-13-7-11(16(17)18)5-6-12(13)19-4/h5-7,10H,8-9H2,1-4H3. The number of nitro benzene ring substituents is 1. The zero-order valence-corrected chi connectivity index (χ0v) is 13.8. The van der Waals surface area contributed by atoms with Crippen molar-refractivity contribution < 1.29 is 14.4 Å². The highest BCUT2D eigenvalue weighted by molar-refractivity contribution is 9.09. The Morgan fingerprint density at radius 3 is 2.45 bits per heavy atom. The van der Waals surface area contributed by atoms with Crippen LogP contribution in [-0.2, 0) is 0 Å². The van der Waals surface area contributed by atoms with Crippen molar-refractivity contribution in [2.45, 2.75) is 20.8 Å². The molecular formula is C14H20BrNO4. The van der Waals surface area contributed by atoms with Crippen molar-refractivity contribution in [1.82, 2.24) is 0 Å². The SMILES string of the molecule is COc1ccc([N+](=O)[O-])cc1OCC(CBr)C(C)(C)C. The Morgan fingerprint density at radius 2 is 2.00 bits per heavy atom. The lowest BCUT2D eigenvalue weighted by Gasteiger charge is -2.29. The van der Waals surface area contributed by atoms with Crippen LogP contribution in [-0.4, -0.2) is 24.0 Å². The van der Waals surface area contributed by atoms with Gasteiger partial charge in [0, 0.05) is 17.3 Å². The van der Waals surface area contributed by atoms with Crippen molar-refractivity contribution >= 4 is 21.6 Å². The summed E-state index contributed by atoms with van der Waals surface area (Å²) in [6.07, 6.45) is 0. The highest BCUT2D eigenvalue weighted by Gasteiger charge is 2.25. The molecule has 0 saturated carbocycles. The lowest BCUT2D eigenvalue weighted by atomic mass is 9.83. The third-order valence-electron chi connectivity index (χ3n) is 3.21. The van der Waals surface area contributed by atoms with Crippen LogP contribution in [0.5, 0.6) is 11.5 Å². The molecule has 112 valence electrons. The number of hydrogen-bond acceptors (Lipinski definition) is 4. The van der Waals surface area contributed by atoms with E-state index in [1.165, 1.54) is 19.2 Å². The third kappa shape index (κ3) is 4.37. The van der Waals surface area contributed by atoms with Gasteiger partial charge >= 0.3 is 0 Å². The number of non-ortho nitro benzene ring substituents is 1. The van der Waals surface area contributed by atoms with E-state index in [0.29, 0.717) is 18.1 Å². The van der Waals surface area contributed by atoms with Crippen LogP contribution >= 0.6 is 15.9 Å². The molecule has 5 nitrogen and oxygen atoms in total. The third-order valence-corrected chi connectivity index (χ3v) is 3.99. The monoisotopic (exact) mass is 345 g/mol. The molecule has 0 aliphatic carbocycles. The number of alkyl halides is 1. The van der Waals surface area contributed by atoms with Crippen molar-refractivity contribution in [3.05, 3.63) is 28.3 Å². The summed E-state index contributed by atoms with van der Waals surface area (Å²) >= 11 is 3.48. The second-order valence-electron chi connectivity index (χ2n) is 5.62. The van der Waals surface area contributed by atoms with Gasteiger partial charge in [-0.25, -0.2) is 0 Å². The molecule has 0 saturated heterocycles. The van der Waals surface area contributed by atoms with Crippen molar-refractivity contribution in [1.29, 1.82) is 0 Å². The van der Waals surface area contributed by atoms with E-state index in [9.17, 15) is 10.1 Å². The topological polar surface area (TPSA) is 61.6 Å². The molecule has 20 heavy (non-hydrogen) atoms. The number of benzene rings is 1. The summed E-state index contributed by atoms with van der Waals surface area (Å²) in [4.78, 5) is 10.4. The lowest BCUT2D eigenvalue weighted by molar-refractivity contribution is -0.385. The van der Waals surface area contributed by atoms with Crippen LogP contribution in [0.2, 0.25) is 0 Å². The van der Waals surface area contributed by atoms with Gasteiger partial charge < -0.3 is 9.47 Å². The normalized spacial score (nSPS) is 12.8. The second-order valence-corrected chi connectivity index (χ2v) is 6.27. The van der Waals surface area contributed by atoms with Gasteiger partial charge in [-0.15, -0.1) is 0 Å². The molecule has 1 unspecified atom stereocenters. The summed E-state index contributed by atoms with van der Waals surface area (Å²) in [7, 11) is 1.51. The molecule has 0 heterocycles. The van der Waals surface area contributed by atoms with Gasteiger partial charge in [-0.05, 0) is 11.5 Å². The molecule has 0 aromatic heterocycles. The fraction of sp³-hybridized carbons (Fsp3) is 0.571. The molecule has 0 bridgehead atoms. The Morgan fingerprint density at radius 1 is 1.35 bits per heavy atom. The molecule has 0 N–H and O–H groups in total. The summed E-state index contributed by atoms with van der Waals surface area (Å²) in [5.74, 6) is 1.18. The number of nitrogens with zero attached hydrogens (tertiary/aromatic N) is 1. The van der Waals surface area contributed by atoms with E-state index in [1.807, 2.05) is 0 Å². The summed E-state index contributed by atoms with van der Waals surface area (Å²) in [5, 5.41) is 11.6. The average molecular weight is 346 g/mol. The van der Waals surface area contributed by atoms with E-state index in [-0.39, 0.29) is 17.0 Å². The summed E-state index contributed by atoms with van der Waals surface area (Å²) in [6, 6.07) is 4.35. The molecule has 1 rings (SSSR count). The Balaban J connectivity index is 2.90. The fourth-order valence-electron chi connectivity index (χ4n) is 1.61. The van der Waals surface area contributed by atoms with Crippen molar-refractivity contribution in [2.75, 3.05) is 19.0 Å². The summed E-state index contributed by atoms with van der Waals surface area (Å²) < 4.78 is 10.9. The predicted octanol–water partition coefficient (Wildman–Crippen LogP) is 4.04. The van der Waals surface area contributed by atoms with E-state index >= 15 is 0 Å². The van der Waals surface area contributed by atoms with E-state index in [2.05, 4.69) is 36.7 Å². The molecule has 0 spiro atoms. The van der Waals surface area contributed by atoms with Gasteiger partial charge in [0.15, 0.2) is 11.5 Å². The van der Waals surface area contributed by atoms with E-state index < -0.39 is 4.92 Å². The zero-order valence-electron chi connectivity index (χ0n) is 12.2. The summed E-state index contributed by atoms with van der Waals surface area (Å²) in [6.45, 7) is 6.86. The molecular weight excluding hydrogens is 326 g/mol. The predicted molar refractivity (Wildman–Crippen MR) is 81.9 cm³/mol. The van der Waals surface area contributed by atoms with Crippen LogP contribution < -0.4 is 9.47 Å². The Bertz CT molecular complexity index is 471. The minimum Gasteiger partial charge on any atom is -0.493 e. The van der Waals surface area contributed by atoms with Crippen LogP contribution in [0.3, 0.4) is 0 Å². The molecule has 1 atom stereocenters. The first-order chi connectivity index (χ1) is 9.29. The highest BCUT2D eigenvalue weighted by atomic mass is 79.9. The Labute approximate surface area is 127 Å². The van der Waals surface area contributed by atoms with Crippen LogP contribution in [0.15, 0.2) is 18.2 Å². The molecule has 1 aromatic rings. The first-order valence-corrected chi connectivity index (χ1v) is 7.43. The smallest absolute Gasteiger partial charge is 0.273 e. The maximum atomic E-state index is 10.8. The number of hydrogen-bond donors (Lipinski definition) is 0. The number of ether oxygens (including phenoxy) is 2. The largest absolute Gasteiger partial charge is 0.493 e. The van der Waals surface area contributed by atoms with Crippen molar-refractivity contribution in [2.24, 2.45) is 11.3 Å². The maximum absolute atomic E-state index is 10.8. The van der Waals surface area contributed by atoms with E-state index in [0.717, 1.165) is 5.33 Å². The number of rotatable bonds is 6. The molecule has 0 aliphatic rings. The molecule has 1 aromatic carbocycles. The fourth-order valence-corrected chi connectivity index (χ4v) is 2.77. The average Bonchev–Trinajstić information content (AvgIpc) is 2.37. The zero-order chi connectivity index (χ0) is 15.3. The maximum Gasteiger partial charge on any atom is 0.273 e. The molecule has 0 radical (unpaired) electrons. The first-order valence-electron chi connectivity index (χ1n) is 6.30. The van der Waals surface area contributed by atoms with Crippen LogP contribution in [0.4, 0.5) is 5.69 Å². The quantitative estimate of drug-likeness (QED) is 0.443. The van der Waals surface area contributed by atoms with Crippen LogP contribution in [0.1, 0.15) is 20.8 Å². The van der Waals surface area contributed by atoms with E-state index in [1.54, 1.807) is 6.07 Å².